The maximum absolute atomic E-state index is 13.1. The Morgan fingerprint density at radius 3 is 2.13 bits per heavy atom. The molecule has 198 valence electrons. The average molecular weight is 515 g/mol. The Balaban J connectivity index is 1.16. The van der Waals surface area contributed by atoms with Gasteiger partial charge in [-0.05, 0) is 92.4 Å². The number of hydrogen-bond acceptors (Lipinski definition) is 4. The third-order valence-electron chi connectivity index (χ3n) is 7.83. The fraction of sp³-hybridized carbons (Fsp3) is 0.355. The standard InChI is InChI=1S/C31H35FN4O2/c1-35-19-21-36(22-20-35)28-14-6-24(7-15-28)30(38)33-27-12-8-25(9-13-27)31(17-2-18-31)34-29(37)16-5-23-3-10-26(32)11-4-23/h3-4,6-15H,2,5,16-22H2,1H3,(H,33,38)(H,34,37). The van der Waals surface area contributed by atoms with Crippen molar-refractivity contribution in [2.45, 2.75) is 37.6 Å². The number of nitrogens with one attached hydrogen (secondary N) is 2. The van der Waals surface area contributed by atoms with E-state index < -0.39 is 0 Å². The van der Waals surface area contributed by atoms with Crippen LogP contribution in [0.15, 0.2) is 72.8 Å². The number of carbonyl (C=O) groups is 2. The highest BCUT2D eigenvalue weighted by atomic mass is 19.1. The molecule has 2 aliphatic rings. The predicted molar refractivity (Wildman–Crippen MR) is 149 cm³/mol. The quantitative estimate of drug-likeness (QED) is 0.446. The number of nitrogens with zero attached hydrogens (tertiary/aromatic N) is 2. The van der Waals surface area contributed by atoms with Crippen LogP contribution in [0.25, 0.3) is 0 Å². The maximum Gasteiger partial charge on any atom is 0.255 e. The van der Waals surface area contributed by atoms with Gasteiger partial charge in [-0.2, -0.15) is 0 Å². The zero-order valence-corrected chi connectivity index (χ0v) is 21.9. The summed E-state index contributed by atoms with van der Waals surface area (Å²) in [6.07, 6.45) is 3.76. The minimum absolute atomic E-state index is 0.00794. The molecule has 7 heteroatoms. The number of aryl methyl sites for hydroxylation is 1. The molecule has 0 spiro atoms. The van der Waals surface area contributed by atoms with Crippen LogP contribution in [-0.2, 0) is 16.8 Å². The molecular weight excluding hydrogens is 479 g/mol. The van der Waals surface area contributed by atoms with Crippen molar-refractivity contribution in [3.63, 3.8) is 0 Å². The third kappa shape index (κ3) is 6.05. The van der Waals surface area contributed by atoms with Gasteiger partial charge in [0.15, 0.2) is 0 Å². The maximum atomic E-state index is 13.1. The molecule has 2 amide bonds. The van der Waals surface area contributed by atoms with Crippen LogP contribution >= 0.6 is 0 Å². The van der Waals surface area contributed by atoms with E-state index in [1.54, 1.807) is 12.1 Å². The number of amides is 2. The van der Waals surface area contributed by atoms with Crippen LogP contribution < -0.4 is 15.5 Å². The molecule has 0 bridgehead atoms. The number of anilines is 2. The first-order valence-corrected chi connectivity index (χ1v) is 13.4. The summed E-state index contributed by atoms with van der Waals surface area (Å²) < 4.78 is 13.1. The molecule has 2 fully saturated rings. The van der Waals surface area contributed by atoms with Gasteiger partial charge >= 0.3 is 0 Å². The number of piperazine rings is 1. The molecular formula is C31H35FN4O2. The average Bonchev–Trinajstić information content (AvgIpc) is 2.91. The van der Waals surface area contributed by atoms with Crippen LogP contribution in [0.2, 0.25) is 0 Å². The van der Waals surface area contributed by atoms with E-state index in [-0.39, 0.29) is 23.2 Å². The Bertz CT molecular complexity index is 1250. The summed E-state index contributed by atoms with van der Waals surface area (Å²) in [6, 6.07) is 21.8. The van der Waals surface area contributed by atoms with Gasteiger partial charge in [0.2, 0.25) is 5.91 Å². The molecule has 1 aliphatic carbocycles. The first-order valence-electron chi connectivity index (χ1n) is 13.4. The van der Waals surface area contributed by atoms with Gasteiger partial charge in [-0.3, -0.25) is 9.59 Å². The van der Waals surface area contributed by atoms with E-state index in [0.717, 1.165) is 67.9 Å². The molecule has 2 N–H and O–H groups in total. The Hall–Kier alpha value is -3.71. The van der Waals surface area contributed by atoms with E-state index in [0.29, 0.717) is 18.4 Å². The number of benzene rings is 3. The number of carbonyl (C=O) groups excluding carboxylic acids is 2. The Morgan fingerprint density at radius 1 is 0.868 bits per heavy atom. The van der Waals surface area contributed by atoms with E-state index >= 15 is 0 Å². The van der Waals surface area contributed by atoms with Crippen LogP contribution in [0.5, 0.6) is 0 Å². The van der Waals surface area contributed by atoms with Crippen molar-refractivity contribution >= 4 is 23.2 Å². The lowest BCUT2D eigenvalue weighted by Gasteiger charge is -2.43. The topological polar surface area (TPSA) is 64.7 Å². The fourth-order valence-corrected chi connectivity index (χ4v) is 5.22. The molecule has 3 aromatic carbocycles. The van der Waals surface area contributed by atoms with Crippen molar-refractivity contribution in [2.75, 3.05) is 43.4 Å². The summed E-state index contributed by atoms with van der Waals surface area (Å²) in [7, 11) is 2.14. The Kier molecular flexibility index (Phi) is 7.74. The molecule has 1 aliphatic heterocycles. The van der Waals surface area contributed by atoms with Crippen LogP contribution in [-0.4, -0.2) is 49.9 Å². The minimum Gasteiger partial charge on any atom is -0.369 e. The lowest BCUT2D eigenvalue weighted by atomic mass is 9.71. The molecule has 0 atom stereocenters. The van der Waals surface area contributed by atoms with Gasteiger partial charge in [-0.25, -0.2) is 4.39 Å². The molecule has 0 aromatic heterocycles. The van der Waals surface area contributed by atoms with Gasteiger partial charge in [0.25, 0.3) is 5.91 Å². The van der Waals surface area contributed by atoms with Crippen LogP contribution in [0, 0.1) is 5.82 Å². The number of hydrogen-bond donors (Lipinski definition) is 2. The number of rotatable bonds is 8. The summed E-state index contributed by atoms with van der Waals surface area (Å²) in [5.74, 6) is -0.424. The zero-order valence-electron chi connectivity index (χ0n) is 21.9. The van der Waals surface area contributed by atoms with Crippen molar-refractivity contribution in [1.82, 2.24) is 10.2 Å². The summed E-state index contributed by atoms with van der Waals surface area (Å²) >= 11 is 0. The molecule has 0 unspecified atom stereocenters. The molecule has 3 aromatic rings. The molecule has 5 rings (SSSR count). The van der Waals surface area contributed by atoms with Crippen LogP contribution in [0.1, 0.15) is 47.2 Å². The van der Waals surface area contributed by atoms with Crippen molar-refractivity contribution in [2.24, 2.45) is 0 Å². The number of likely N-dealkylation sites (N-methyl/N-ethyl adjacent to an activating group) is 1. The summed E-state index contributed by atoms with van der Waals surface area (Å²) in [5, 5.41) is 6.23. The normalized spacial score (nSPS) is 16.9. The van der Waals surface area contributed by atoms with Gasteiger partial charge in [-0.1, -0.05) is 24.3 Å². The minimum atomic E-state index is -0.360. The second-order valence-electron chi connectivity index (χ2n) is 10.5. The van der Waals surface area contributed by atoms with E-state index in [4.69, 9.17) is 0 Å². The first kappa shape index (κ1) is 25.9. The fourth-order valence-electron chi connectivity index (χ4n) is 5.22. The summed E-state index contributed by atoms with van der Waals surface area (Å²) in [6.45, 7) is 4.06. The van der Waals surface area contributed by atoms with Gasteiger partial charge < -0.3 is 20.4 Å². The predicted octanol–water partition coefficient (Wildman–Crippen LogP) is 4.96. The highest BCUT2D eigenvalue weighted by molar-refractivity contribution is 6.04. The monoisotopic (exact) mass is 514 g/mol. The molecule has 0 radical (unpaired) electrons. The third-order valence-corrected chi connectivity index (χ3v) is 7.83. The van der Waals surface area contributed by atoms with Crippen molar-refractivity contribution < 1.29 is 14.0 Å². The van der Waals surface area contributed by atoms with Gasteiger partial charge in [-0.15, -0.1) is 0 Å². The largest absolute Gasteiger partial charge is 0.369 e. The van der Waals surface area contributed by atoms with Gasteiger partial charge in [0.1, 0.15) is 5.82 Å². The second kappa shape index (κ2) is 11.4. The molecule has 1 heterocycles. The van der Waals surface area contributed by atoms with Gasteiger partial charge in [0.05, 0.1) is 5.54 Å². The zero-order chi connectivity index (χ0) is 26.5. The summed E-state index contributed by atoms with van der Waals surface area (Å²) in [4.78, 5) is 30.2. The van der Waals surface area contributed by atoms with Crippen molar-refractivity contribution in [3.8, 4) is 0 Å². The van der Waals surface area contributed by atoms with Crippen LogP contribution in [0.3, 0.4) is 0 Å². The van der Waals surface area contributed by atoms with E-state index in [2.05, 4.69) is 27.5 Å². The lowest BCUT2D eigenvalue weighted by molar-refractivity contribution is -0.124. The lowest BCUT2D eigenvalue weighted by Crippen LogP contribution is -2.50. The van der Waals surface area contributed by atoms with E-state index in [1.807, 2.05) is 48.5 Å². The first-order chi connectivity index (χ1) is 18.4. The van der Waals surface area contributed by atoms with E-state index in [9.17, 15) is 14.0 Å². The highest BCUT2D eigenvalue weighted by Gasteiger charge is 2.39. The molecule has 1 saturated carbocycles. The molecule has 1 saturated heterocycles. The van der Waals surface area contributed by atoms with Crippen molar-refractivity contribution in [3.05, 3.63) is 95.3 Å². The smallest absolute Gasteiger partial charge is 0.255 e. The number of halogens is 1. The Morgan fingerprint density at radius 2 is 1.53 bits per heavy atom. The Labute approximate surface area is 223 Å². The SMILES string of the molecule is CN1CCN(c2ccc(C(=O)Nc3ccc(C4(NC(=O)CCc5ccc(F)cc5)CCC4)cc3)cc2)CC1. The molecule has 38 heavy (non-hydrogen) atoms. The van der Waals surface area contributed by atoms with Crippen molar-refractivity contribution in [1.29, 1.82) is 0 Å². The van der Waals surface area contributed by atoms with Gasteiger partial charge in [0, 0.05) is 49.5 Å². The highest BCUT2D eigenvalue weighted by Crippen LogP contribution is 2.41. The summed E-state index contributed by atoms with van der Waals surface area (Å²) in [5.41, 5.74) is 4.12. The van der Waals surface area contributed by atoms with E-state index in [1.165, 1.54) is 12.1 Å². The van der Waals surface area contributed by atoms with Crippen LogP contribution in [0.4, 0.5) is 15.8 Å². The second-order valence-corrected chi connectivity index (χ2v) is 10.5. The molecule has 6 nitrogen and oxygen atoms in total.